The molecule has 1 rings (SSSR count). The second-order valence-electron chi connectivity index (χ2n) is 4.61. The molecule has 0 amide bonds. The van der Waals surface area contributed by atoms with Crippen molar-refractivity contribution in [2.24, 2.45) is 5.92 Å². The van der Waals surface area contributed by atoms with Gasteiger partial charge in [-0.05, 0) is 52.9 Å². The van der Waals surface area contributed by atoms with Gasteiger partial charge in [0.1, 0.15) is 0 Å². The minimum Gasteiger partial charge on any atom is -0.398 e. The van der Waals surface area contributed by atoms with Crippen molar-refractivity contribution in [2.45, 2.75) is 39.9 Å². The molecular weight excluding hydrogens is 266 g/mol. The number of nitrogens with two attached hydrogens (primary N) is 1. The summed E-state index contributed by atoms with van der Waals surface area (Å²) < 4.78 is 6.70. The first-order valence-electron chi connectivity index (χ1n) is 5.64. The zero-order valence-corrected chi connectivity index (χ0v) is 11.8. The van der Waals surface area contributed by atoms with Crippen LogP contribution >= 0.6 is 15.9 Å². The highest BCUT2D eigenvalue weighted by molar-refractivity contribution is 9.10. The van der Waals surface area contributed by atoms with E-state index in [4.69, 9.17) is 10.5 Å². The second kappa shape index (κ2) is 6.26. The third-order valence-corrected chi connectivity index (χ3v) is 3.12. The van der Waals surface area contributed by atoms with Crippen LogP contribution in [-0.2, 0) is 11.3 Å². The maximum absolute atomic E-state index is 5.81. The Balaban J connectivity index is 2.45. The molecule has 90 valence electrons. The van der Waals surface area contributed by atoms with Crippen LogP contribution in [0.5, 0.6) is 0 Å². The fourth-order valence-electron chi connectivity index (χ4n) is 1.65. The highest BCUT2D eigenvalue weighted by Crippen LogP contribution is 2.21. The maximum atomic E-state index is 5.81. The average molecular weight is 286 g/mol. The zero-order chi connectivity index (χ0) is 12.1. The lowest BCUT2D eigenvalue weighted by molar-refractivity contribution is 0.0397. The Kier molecular flexibility index (Phi) is 5.29. The molecule has 0 bridgehead atoms. The summed E-state index contributed by atoms with van der Waals surface area (Å²) in [7, 11) is 0. The third kappa shape index (κ3) is 4.54. The van der Waals surface area contributed by atoms with Crippen molar-refractivity contribution >= 4 is 21.6 Å². The van der Waals surface area contributed by atoms with Crippen molar-refractivity contribution in [3.8, 4) is 0 Å². The van der Waals surface area contributed by atoms with Crippen LogP contribution < -0.4 is 5.73 Å². The lowest BCUT2D eigenvalue weighted by atomic mass is 10.1. The van der Waals surface area contributed by atoms with E-state index in [1.54, 1.807) is 0 Å². The summed E-state index contributed by atoms with van der Waals surface area (Å²) in [6, 6.07) is 5.94. The Labute approximate surface area is 106 Å². The van der Waals surface area contributed by atoms with E-state index in [1.807, 2.05) is 18.2 Å². The Hall–Kier alpha value is -0.540. The molecule has 1 atom stereocenters. The fourth-order valence-corrected chi connectivity index (χ4v) is 1.90. The van der Waals surface area contributed by atoms with Crippen molar-refractivity contribution in [3.05, 3.63) is 28.2 Å². The van der Waals surface area contributed by atoms with E-state index in [1.165, 1.54) is 0 Å². The molecule has 0 aliphatic rings. The Morgan fingerprint density at radius 3 is 2.56 bits per heavy atom. The van der Waals surface area contributed by atoms with E-state index in [0.717, 1.165) is 22.1 Å². The van der Waals surface area contributed by atoms with Gasteiger partial charge in [0.15, 0.2) is 0 Å². The zero-order valence-electron chi connectivity index (χ0n) is 10.2. The molecule has 0 aromatic heterocycles. The van der Waals surface area contributed by atoms with Gasteiger partial charge >= 0.3 is 0 Å². The predicted octanol–water partition coefficient (Wildman–Crippen LogP) is 3.98. The standard InChI is InChI=1S/C13H20BrNO/c1-9(2)6-10(3)16-8-11-4-5-12(14)13(15)7-11/h4-5,7,9-10H,6,8,15H2,1-3H3. The minimum absolute atomic E-state index is 0.296. The van der Waals surface area contributed by atoms with Gasteiger partial charge in [-0.25, -0.2) is 0 Å². The lowest BCUT2D eigenvalue weighted by Gasteiger charge is -2.15. The van der Waals surface area contributed by atoms with Gasteiger partial charge in [0, 0.05) is 10.2 Å². The number of hydrogen-bond donors (Lipinski definition) is 1. The summed E-state index contributed by atoms with van der Waals surface area (Å²) in [5, 5.41) is 0. The van der Waals surface area contributed by atoms with Gasteiger partial charge in [-0.15, -0.1) is 0 Å². The quantitative estimate of drug-likeness (QED) is 0.831. The molecule has 0 heterocycles. The Bertz CT molecular complexity index is 339. The van der Waals surface area contributed by atoms with Gasteiger partial charge in [-0.1, -0.05) is 19.9 Å². The molecule has 0 saturated heterocycles. The van der Waals surface area contributed by atoms with Crippen LogP contribution in [0.15, 0.2) is 22.7 Å². The van der Waals surface area contributed by atoms with Crippen molar-refractivity contribution in [2.75, 3.05) is 5.73 Å². The molecule has 0 aliphatic carbocycles. The molecule has 2 N–H and O–H groups in total. The molecule has 1 unspecified atom stereocenters. The number of nitrogen functional groups attached to an aromatic ring is 1. The van der Waals surface area contributed by atoms with Crippen molar-refractivity contribution < 1.29 is 4.74 Å². The SMILES string of the molecule is CC(C)CC(C)OCc1ccc(Br)c(N)c1. The molecule has 0 radical (unpaired) electrons. The molecular formula is C13H20BrNO. The summed E-state index contributed by atoms with van der Waals surface area (Å²) in [5.41, 5.74) is 7.69. The normalized spacial score (nSPS) is 13.1. The summed E-state index contributed by atoms with van der Waals surface area (Å²) in [6.07, 6.45) is 1.39. The molecule has 2 nitrogen and oxygen atoms in total. The van der Waals surface area contributed by atoms with E-state index in [-0.39, 0.29) is 0 Å². The molecule has 0 spiro atoms. The fraction of sp³-hybridized carbons (Fsp3) is 0.538. The van der Waals surface area contributed by atoms with Crippen LogP contribution in [0.2, 0.25) is 0 Å². The average Bonchev–Trinajstić information content (AvgIpc) is 2.19. The van der Waals surface area contributed by atoms with Crippen LogP contribution in [0, 0.1) is 5.92 Å². The molecule has 1 aromatic rings. The van der Waals surface area contributed by atoms with E-state index in [2.05, 4.69) is 36.7 Å². The molecule has 0 saturated carbocycles. The molecule has 3 heteroatoms. The monoisotopic (exact) mass is 285 g/mol. The first kappa shape index (κ1) is 13.5. The molecule has 0 fully saturated rings. The largest absolute Gasteiger partial charge is 0.398 e. The molecule has 1 aromatic carbocycles. The maximum Gasteiger partial charge on any atom is 0.0721 e. The van der Waals surface area contributed by atoms with Crippen LogP contribution in [0.1, 0.15) is 32.8 Å². The van der Waals surface area contributed by atoms with Gasteiger partial charge in [0.2, 0.25) is 0 Å². The highest BCUT2D eigenvalue weighted by Gasteiger charge is 2.06. The van der Waals surface area contributed by atoms with E-state index in [9.17, 15) is 0 Å². The van der Waals surface area contributed by atoms with Crippen LogP contribution in [-0.4, -0.2) is 6.10 Å². The van der Waals surface area contributed by atoms with Crippen molar-refractivity contribution in [1.82, 2.24) is 0 Å². The number of rotatable bonds is 5. The summed E-state index contributed by atoms with van der Waals surface area (Å²) in [6.45, 7) is 7.16. The Morgan fingerprint density at radius 1 is 1.31 bits per heavy atom. The second-order valence-corrected chi connectivity index (χ2v) is 5.46. The van der Waals surface area contributed by atoms with Crippen LogP contribution in [0.3, 0.4) is 0 Å². The minimum atomic E-state index is 0.296. The van der Waals surface area contributed by atoms with Gasteiger partial charge < -0.3 is 10.5 Å². The van der Waals surface area contributed by atoms with Crippen LogP contribution in [0.25, 0.3) is 0 Å². The summed E-state index contributed by atoms with van der Waals surface area (Å²) >= 11 is 3.38. The first-order chi connectivity index (χ1) is 7.49. The van der Waals surface area contributed by atoms with Gasteiger partial charge in [0.05, 0.1) is 12.7 Å². The third-order valence-electron chi connectivity index (χ3n) is 2.40. The molecule has 16 heavy (non-hydrogen) atoms. The predicted molar refractivity (Wildman–Crippen MR) is 72.3 cm³/mol. The van der Waals surface area contributed by atoms with Crippen molar-refractivity contribution in [1.29, 1.82) is 0 Å². The smallest absolute Gasteiger partial charge is 0.0721 e. The van der Waals surface area contributed by atoms with E-state index < -0.39 is 0 Å². The topological polar surface area (TPSA) is 35.2 Å². The molecule has 0 aliphatic heterocycles. The number of halogens is 1. The highest BCUT2D eigenvalue weighted by atomic mass is 79.9. The lowest BCUT2D eigenvalue weighted by Crippen LogP contribution is -2.11. The van der Waals surface area contributed by atoms with Gasteiger partial charge in [0.25, 0.3) is 0 Å². The van der Waals surface area contributed by atoms with Gasteiger partial charge in [-0.2, -0.15) is 0 Å². The summed E-state index contributed by atoms with van der Waals surface area (Å²) in [5.74, 6) is 0.671. The Morgan fingerprint density at radius 2 is 2.00 bits per heavy atom. The number of hydrogen-bond acceptors (Lipinski definition) is 2. The number of benzene rings is 1. The number of anilines is 1. The van der Waals surface area contributed by atoms with E-state index >= 15 is 0 Å². The number of ether oxygens (including phenoxy) is 1. The van der Waals surface area contributed by atoms with Crippen molar-refractivity contribution in [3.63, 3.8) is 0 Å². The van der Waals surface area contributed by atoms with Crippen LogP contribution in [0.4, 0.5) is 5.69 Å². The van der Waals surface area contributed by atoms with E-state index in [0.29, 0.717) is 18.6 Å². The summed E-state index contributed by atoms with van der Waals surface area (Å²) in [4.78, 5) is 0. The first-order valence-corrected chi connectivity index (χ1v) is 6.44. The van der Waals surface area contributed by atoms with Gasteiger partial charge in [-0.3, -0.25) is 0 Å².